The lowest BCUT2D eigenvalue weighted by atomic mass is 10.0. The maximum atomic E-state index is 13.1. The van der Waals surface area contributed by atoms with Gasteiger partial charge in [-0.15, -0.1) is 0 Å². The summed E-state index contributed by atoms with van der Waals surface area (Å²) in [6.45, 7) is 8.22. The molecule has 24 heavy (non-hydrogen) atoms. The fourth-order valence-corrected chi connectivity index (χ4v) is 5.01. The van der Waals surface area contributed by atoms with Gasteiger partial charge in [0.15, 0.2) is 0 Å². The summed E-state index contributed by atoms with van der Waals surface area (Å²) in [5.74, 6) is 0.276. The molecule has 0 unspecified atom stereocenters. The molecule has 1 atom stereocenters. The Kier molecular flexibility index (Phi) is 3.22. The summed E-state index contributed by atoms with van der Waals surface area (Å²) >= 11 is 0. The highest BCUT2D eigenvalue weighted by Crippen LogP contribution is 2.44. The van der Waals surface area contributed by atoms with Crippen LogP contribution in [-0.2, 0) is 10.0 Å². The van der Waals surface area contributed by atoms with Gasteiger partial charge in [0, 0.05) is 11.6 Å². The van der Waals surface area contributed by atoms with E-state index in [0.717, 1.165) is 39.6 Å². The molecule has 0 saturated heterocycles. The molecule has 4 rings (SSSR count). The molecule has 0 radical (unpaired) electrons. The lowest BCUT2D eigenvalue weighted by Gasteiger charge is -2.13. The van der Waals surface area contributed by atoms with Crippen LogP contribution in [0.4, 0.5) is 0 Å². The van der Waals surface area contributed by atoms with Crippen LogP contribution in [0.3, 0.4) is 0 Å². The first kappa shape index (κ1) is 15.2. The highest BCUT2D eigenvalue weighted by Gasteiger charge is 2.28. The lowest BCUT2D eigenvalue weighted by Crippen LogP contribution is -2.13. The molecule has 0 amide bonds. The van der Waals surface area contributed by atoms with Gasteiger partial charge in [-0.1, -0.05) is 43.3 Å². The smallest absolute Gasteiger partial charge is 0.241 e. The third-order valence-electron chi connectivity index (χ3n) is 4.86. The van der Waals surface area contributed by atoms with E-state index in [2.05, 4.69) is 19.6 Å². The van der Waals surface area contributed by atoms with E-state index < -0.39 is 10.0 Å². The molecule has 122 valence electrons. The van der Waals surface area contributed by atoms with Gasteiger partial charge in [0.1, 0.15) is 0 Å². The number of hydrogen-bond acceptors (Lipinski definition) is 2. The van der Waals surface area contributed by atoms with Crippen molar-refractivity contribution < 1.29 is 8.42 Å². The van der Waals surface area contributed by atoms with Crippen molar-refractivity contribution in [1.82, 2.24) is 3.97 Å². The van der Waals surface area contributed by atoms with Gasteiger partial charge in [-0.25, -0.2) is 12.4 Å². The third kappa shape index (κ3) is 2.06. The van der Waals surface area contributed by atoms with Gasteiger partial charge >= 0.3 is 0 Å². The van der Waals surface area contributed by atoms with Crippen molar-refractivity contribution in [1.29, 1.82) is 0 Å². The predicted octanol–water partition coefficient (Wildman–Crippen LogP) is 4.71. The van der Waals surface area contributed by atoms with Gasteiger partial charge in [0.05, 0.1) is 10.4 Å². The Balaban J connectivity index is 2.02. The Hall–Kier alpha value is -2.33. The van der Waals surface area contributed by atoms with Crippen LogP contribution in [0, 0.1) is 6.92 Å². The summed E-state index contributed by atoms with van der Waals surface area (Å²) in [7, 11) is -3.61. The van der Waals surface area contributed by atoms with E-state index in [9.17, 15) is 8.42 Å². The van der Waals surface area contributed by atoms with E-state index in [1.165, 1.54) is 3.97 Å². The summed E-state index contributed by atoms with van der Waals surface area (Å²) in [6.07, 6.45) is 2.54. The van der Waals surface area contributed by atoms with Crippen LogP contribution in [0.25, 0.3) is 16.5 Å². The molecule has 0 spiro atoms. The highest BCUT2D eigenvalue weighted by molar-refractivity contribution is 7.90. The van der Waals surface area contributed by atoms with E-state index >= 15 is 0 Å². The van der Waals surface area contributed by atoms with Crippen LogP contribution >= 0.6 is 0 Å². The van der Waals surface area contributed by atoms with Gasteiger partial charge in [0.25, 0.3) is 10.0 Å². The molecule has 2 aromatic carbocycles. The Morgan fingerprint density at radius 2 is 1.79 bits per heavy atom. The molecule has 0 bridgehead atoms. The third-order valence-corrected chi connectivity index (χ3v) is 6.55. The predicted molar refractivity (Wildman–Crippen MR) is 97.8 cm³/mol. The summed E-state index contributed by atoms with van der Waals surface area (Å²) in [5.41, 5.74) is 5.10. The number of aryl methyl sites for hydroxylation is 1. The molecule has 4 heteroatoms. The minimum Gasteiger partial charge on any atom is -0.241 e. The SMILES string of the molecule is C=C1C[C@H](C)c2c1ccc1ccn(S(=O)(=O)c3ccc(C)cc3)c21. The van der Waals surface area contributed by atoms with Crippen molar-refractivity contribution in [3.05, 3.63) is 71.9 Å². The van der Waals surface area contributed by atoms with Gasteiger partial charge < -0.3 is 0 Å². The highest BCUT2D eigenvalue weighted by atomic mass is 32.2. The summed E-state index contributed by atoms with van der Waals surface area (Å²) in [4.78, 5) is 0.313. The van der Waals surface area contributed by atoms with Crippen LogP contribution in [-0.4, -0.2) is 12.4 Å². The monoisotopic (exact) mass is 337 g/mol. The number of aromatic nitrogens is 1. The van der Waals surface area contributed by atoms with Crippen molar-refractivity contribution >= 4 is 26.5 Å². The molecule has 0 fully saturated rings. The lowest BCUT2D eigenvalue weighted by molar-refractivity contribution is 0.589. The summed E-state index contributed by atoms with van der Waals surface area (Å²) < 4.78 is 27.7. The second-order valence-corrected chi connectivity index (χ2v) is 8.42. The van der Waals surface area contributed by atoms with Gasteiger partial charge in [0.2, 0.25) is 0 Å². The minimum atomic E-state index is -3.61. The first-order chi connectivity index (χ1) is 11.4. The van der Waals surface area contributed by atoms with Gasteiger partial charge in [-0.3, -0.25) is 0 Å². The molecule has 3 nitrogen and oxygen atoms in total. The average molecular weight is 337 g/mol. The number of nitrogens with zero attached hydrogens (tertiary/aromatic N) is 1. The molecular weight excluding hydrogens is 318 g/mol. The van der Waals surface area contributed by atoms with Crippen LogP contribution in [0.5, 0.6) is 0 Å². The van der Waals surface area contributed by atoms with Gasteiger partial charge in [-0.05, 0) is 54.2 Å². The number of benzene rings is 2. The maximum absolute atomic E-state index is 13.1. The second kappa shape index (κ2) is 5.08. The topological polar surface area (TPSA) is 39.1 Å². The Bertz CT molecular complexity index is 1070. The molecule has 1 aliphatic rings. The van der Waals surface area contributed by atoms with E-state index in [-0.39, 0.29) is 5.92 Å². The van der Waals surface area contributed by atoms with Crippen molar-refractivity contribution in [2.24, 2.45) is 0 Å². The van der Waals surface area contributed by atoms with E-state index in [1.54, 1.807) is 18.3 Å². The molecule has 1 heterocycles. The van der Waals surface area contributed by atoms with Crippen LogP contribution in [0.2, 0.25) is 0 Å². The van der Waals surface area contributed by atoms with Gasteiger partial charge in [-0.2, -0.15) is 0 Å². The minimum absolute atomic E-state index is 0.276. The number of allylic oxidation sites excluding steroid dienone is 1. The van der Waals surface area contributed by atoms with Crippen molar-refractivity contribution in [3.8, 4) is 0 Å². The van der Waals surface area contributed by atoms with E-state index in [0.29, 0.717) is 4.90 Å². The first-order valence-corrected chi connectivity index (χ1v) is 9.48. The molecule has 3 aromatic rings. The standard InChI is InChI=1S/C20H19NO2S/c1-13-4-7-17(8-5-13)24(22,23)21-11-10-16-6-9-18-14(2)12-15(3)19(18)20(16)21/h4-11,15H,2,12H2,1,3H3/t15-/m0/s1. The van der Waals surface area contributed by atoms with Crippen LogP contribution < -0.4 is 0 Å². The van der Waals surface area contributed by atoms with Crippen molar-refractivity contribution in [2.45, 2.75) is 31.1 Å². The Labute approximate surface area is 142 Å². The number of rotatable bonds is 2. The van der Waals surface area contributed by atoms with Crippen LogP contribution in [0.1, 0.15) is 36.0 Å². The molecule has 1 aliphatic carbocycles. The quantitative estimate of drug-likeness (QED) is 0.679. The zero-order valence-electron chi connectivity index (χ0n) is 13.8. The van der Waals surface area contributed by atoms with E-state index in [4.69, 9.17) is 0 Å². The Morgan fingerprint density at radius 1 is 1.08 bits per heavy atom. The zero-order chi connectivity index (χ0) is 17.1. The average Bonchev–Trinajstić information content (AvgIpc) is 3.09. The maximum Gasteiger partial charge on any atom is 0.268 e. The second-order valence-electron chi connectivity index (χ2n) is 6.60. The molecular formula is C20H19NO2S. The van der Waals surface area contributed by atoms with Crippen LogP contribution in [0.15, 0.2) is 60.1 Å². The Morgan fingerprint density at radius 3 is 2.50 bits per heavy atom. The largest absolute Gasteiger partial charge is 0.268 e. The fraction of sp³-hybridized carbons (Fsp3) is 0.200. The van der Waals surface area contributed by atoms with Crippen molar-refractivity contribution in [3.63, 3.8) is 0 Å². The summed E-state index contributed by atoms with van der Waals surface area (Å²) in [5, 5.41) is 0.950. The molecule has 0 saturated carbocycles. The summed E-state index contributed by atoms with van der Waals surface area (Å²) in [6, 6.07) is 12.9. The number of fused-ring (bicyclic) bond motifs is 3. The normalized spacial score (nSPS) is 17.4. The first-order valence-electron chi connectivity index (χ1n) is 8.04. The number of hydrogen-bond donors (Lipinski definition) is 0. The molecule has 0 N–H and O–H groups in total. The molecule has 0 aliphatic heterocycles. The zero-order valence-corrected chi connectivity index (χ0v) is 14.6. The van der Waals surface area contributed by atoms with Crippen molar-refractivity contribution in [2.75, 3.05) is 0 Å². The molecule has 1 aromatic heterocycles. The van der Waals surface area contributed by atoms with E-state index in [1.807, 2.05) is 31.2 Å². The fourth-order valence-electron chi connectivity index (χ4n) is 3.64.